The van der Waals surface area contributed by atoms with Crippen molar-refractivity contribution >= 4 is 17.3 Å². The molecule has 5 nitrogen and oxygen atoms in total. The highest BCUT2D eigenvalue weighted by atomic mass is 16.3. The van der Waals surface area contributed by atoms with Crippen molar-refractivity contribution in [2.75, 3.05) is 36.5 Å². The van der Waals surface area contributed by atoms with E-state index in [0.717, 1.165) is 37.3 Å². The molecule has 1 unspecified atom stereocenters. The number of carbonyl (C=O) groups excluding carboxylic acids is 1. The minimum absolute atomic E-state index is 0.265. The number of aliphatic hydroxyl groups is 2. The highest BCUT2D eigenvalue weighted by molar-refractivity contribution is 6.03. The fraction of sp³-hybridized carbons (Fsp3) is 0.533. The van der Waals surface area contributed by atoms with Crippen LogP contribution in [0.1, 0.15) is 24.5 Å². The monoisotopic (exact) mass is 276 g/mol. The molecule has 108 valence electrons. The van der Waals surface area contributed by atoms with Crippen molar-refractivity contribution < 1.29 is 15.0 Å². The Morgan fingerprint density at radius 2 is 2.00 bits per heavy atom. The van der Waals surface area contributed by atoms with Gasteiger partial charge in [-0.2, -0.15) is 0 Å². The second-order valence-electron chi connectivity index (χ2n) is 5.66. The number of likely N-dealkylation sites (N-methyl/N-ethyl adjacent to an activating group) is 1. The number of aliphatic hydroxyl groups excluding tert-OH is 2. The molecule has 2 aliphatic rings. The van der Waals surface area contributed by atoms with E-state index in [9.17, 15) is 15.0 Å². The summed E-state index contributed by atoms with van der Waals surface area (Å²) in [6.45, 7) is 2.11. The van der Waals surface area contributed by atoms with E-state index < -0.39 is 6.10 Å². The van der Waals surface area contributed by atoms with E-state index >= 15 is 0 Å². The number of amides is 1. The lowest BCUT2D eigenvalue weighted by atomic mass is 9.97. The van der Waals surface area contributed by atoms with Gasteiger partial charge in [-0.3, -0.25) is 4.79 Å². The first-order valence-corrected chi connectivity index (χ1v) is 7.07. The number of fused-ring (bicyclic) bond motifs is 1. The Balaban J connectivity index is 1.82. The van der Waals surface area contributed by atoms with Crippen LogP contribution in [0.2, 0.25) is 0 Å². The van der Waals surface area contributed by atoms with Gasteiger partial charge in [0.15, 0.2) is 6.10 Å². The van der Waals surface area contributed by atoms with Gasteiger partial charge >= 0.3 is 0 Å². The summed E-state index contributed by atoms with van der Waals surface area (Å²) in [5.74, 6) is 0.142. The van der Waals surface area contributed by atoms with Gasteiger partial charge in [0.25, 0.3) is 5.91 Å². The third kappa shape index (κ3) is 2.07. The summed E-state index contributed by atoms with van der Waals surface area (Å²) in [6.07, 6.45) is 0.958. The number of carbonyl (C=O) groups is 1. The zero-order valence-corrected chi connectivity index (χ0v) is 11.6. The maximum Gasteiger partial charge on any atom is 0.260 e. The lowest BCUT2D eigenvalue weighted by Crippen LogP contribution is -2.34. The molecule has 1 fully saturated rings. The topological polar surface area (TPSA) is 64.0 Å². The molecular weight excluding hydrogens is 256 g/mol. The number of benzene rings is 1. The van der Waals surface area contributed by atoms with E-state index in [1.54, 1.807) is 7.05 Å². The first-order chi connectivity index (χ1) is 9.61. The van der Waals surface area contributed by atoms with Crippen LogP contribution in [0.3, 0.4) is 0 Å². The number of rotatable bonds is 2. The minimum Gasteiger partial charge on any atom is -0.396 e. The van der Waals surface area contributed by atoms with Gasteiger partial charge in [0.2, 0.25) is 0 Å². The van der Waals surface area contributed by atoms with E-state index in [-0.39, 0.29) is 12.5 Å². The predicted molar refractivity (Wildman–Crippen MR) is 76.8 cm³/mol. The van der Waals surface area contributed by atoms with Crippen LogP contribution in [-0.4, -0.2) is 42.9 Å². The van der Waals surface area contributed by atoms with Gasteiger partial charge in [-0.25, -0.2) is 0 Å². The molecule has 2 aliphatic heterocycles. The lowest BCUT2D eigenvalue weighted by molar-refractivity contribution is -0.125. The summed E-state index contributed by atoms with van der Waals surface area (Å²) in [7, 11) is 1.69. The molecule has 1 aromatic rings. The van der Waals surface area contributed by atoms with E-state index in [2.05, 4.69) is 4.90 Å². The van der Waals surface area contributed by atoms with Gasteiger partial charge in [-0.1, -0.05) is 6.07 Å². The Labute approximate surface area is 118 Å². The van der Waals surface area contributed by atoms with Crippen LogP contribution in [0.25, 0.3) is 0 Å². The average Bonchev–Trinajstić information content (AvgIpc) is 2.72. The molecule has 3 rings (SSSR count). The highest BCUT2D eigenvalue weighted by Gasteiger charge is 2.34. The van der Waals surface area contributed by atoms with Crippen molar-refractivity contribution in [3.8, 4) is 0 Å². The Kier molecular flexibility index (Phi) is 3.40. The van der Waals surface area contributed by atoms with Gasteiger partial charge in [-0.05, 0) is 30.9 Å². The number of nitrogens with zero attached hydrogens (tertiary/aromatic N) is 2. The smallest absolute Gasteiger partial charge is 0.260 e. The van der Waals surface area contributed by atoms with Crippen molar-refractivity contribution in [2.24, 2.45) is 5.92 Å². The van der Waals surface area contributed by atoms with Crippen molar-refractivity contribution in [1.82, 2.24) is 0 Å². The molecule has 2 N–H and O–H groups in total. The first kappa shape index (κ1) is 13.4. The standard InChI is InChI=1S/C15H20N2O3/c1-16-13-8-11(2-3-12(13)14(19)15(16)20)17-6-4-10(9-18)5-7-17/h2-3,8,10,14,18-19H,4-7,9H2,1H3. The SMILES string of the molecule is CN1C(=O)C(O)c2ccc(N3CCC(CO)CC3)cc21. The van der Waals surface area contributed by atoms with Gasteiger partial charge < -0.3 is 20.0 Å². The van der Waals surface area contributed by atoms with Crippen LogP contribution in [0.15, 0.2) is 18.2 Å². The molecule has 0 bridgehead atoms. The Bertz CT molecular complexity index is 524. The second kappa shape index (κ2) is 5.07. The van der Waals surface area contributed by atoms with E-state index in [1.807, 2.05) is 18.2 Å². The Hall–Kier alpha value is -1.59. The average molecular weight is 276 g/mol. The van der Waals surface area contributed by atoms with Crippen LogP contribution in [0.5, 0.6) is 0 Å². The van der Waals surface area contributed by atoms with Gasteiger partial charge in [0.1, 0.15) is 0 Å². The summed E-state index contributed by atoms with van der Waals surface area (Å²) in [6, 6.07) is 5.78. The zero-order chi connectivity index (χ0) is 14.3. The largest absolute Gasteiger partial charge is 0.396 e. The van der Waals surface area contributed by atoms with Crippen LogP contribution in [0.4, 0.5) is 11.4 Å². The fourth-order valence-electron chi connectivity index (χ4n) is 3.06. The number of anilines is 2. The van der Waals surface area contributed by atoms with E-state index in [0.29, 0.717) is 11.5 Å². The van der Waals surface area contributed by atoms with Crippen molar-refractivity contribution in [2.45, 2.75) is 18.9 Å². The predicted octanol–water partition coefficient (Wildman–Crippen LogP) is 0.905. The van der Waals surface area contributed by atoms with Crippen LogP contribution in [-0.2, 0) is 4.79 Å². The molecule has 2 heterocycles. The summed E-state index contributed by atoms with van der Waals surface area (Å²) in [5.41, 5.74) is 2.56. The molecule has 20 heavy (non-hydrogen) atoms. The maximum atomic E-state index is 11.8. The van der Waals surface area contributed by atoms with Crippen molar-refractivity contribution in [1.29, 1.82) is 0 Å². The third-order valence-electron chi connectivity index (χ3n) is 4.47. The van der Waals surface area contributed by atoms with Crippen molar-refractivity contribution in [3.05, 3.63) is 23.8 Å². The van der Waals surface area contributed by atoms with Crippen LogP contribution < -0.4 is 9.80 Å². The molecule has 1 atom stereocenters. The van der Waals surface area contributed by atoms with Crippen LogP contribution >= 0.6 is 0 Å². The molecule has 1 saturated heterocycles. The number of hydrogen-bond donors (Lipinski definition) is 2. The Morgan fingerprint density at radius 3 is 2.65 bits per heavy atom. The van der Waals surface area contributed by atoms with Gasteiger partial charge in [-0.15, -0.1) is 0 Å². The molecule has 1 aromatic carbocycles. The number of hydrogen-bond acceptors (Lipinski definition) is 4. The van der Waals surface area contributed by atoms with E-state index in [1.165, 1.54) is 4.90 Å². The molecule has 0 spiro atoms. The lowest BCUT2D eigenvalue weighted by Gasteiger charge is -2.33. The summed E-state index contributed by atoms with van der Waals surface area (Å²) in [5, 5.41) is 19.0. The molecular formula is C15H20N2O3. The fourth-order valence-corrected chi connectivity index (χ4v) is 3.06. The zero-order valence-electron chi connectivity index (χ0n) is 11.6. The molecule has 0 aromatic heterocycles. The maximum absolute atomic E-state index is 11.8. The third-order valence-corrected chi connectivity index (χ3v) is 4.47. The van der Waals surface area contributed by atoms with E-state index in [4.69, 9.17) is 0 Å². The van der Waals surface area contributed by atoms with Crippen molar-refractivity contribution in [3.63, 3.8) is 0 Å². The number of piperidine rings is 1. The van der Waals surface area contributed by atoms with Gasteiger partial charge in [0, 0.05) is 38.0 Å². The second-order valence-corrected chi connectivity index (χ2v) is 5.66. The summed E-state index contributed by atoms with van der Waals surface area (Å²) >= 11 is 0. The highest BCUT2D eigenvalue weighted by Crippen LogP contribution is 2.38. The summed E-state index contributed by atoms with van der Waals surface area (Å²) in [4.78, 5) is 15.6. The molecule has 5 heteroatoms. The quantitative estimate of drug-likeness (QED) is 0.842. The molecule has 0 saturated carbocycles. The minimum atomic E-state index is -1.02. The Morgan fingerprint density at radius 1 is 1.30 bits per heavy atom. The summed E-state index contributed by atoms with van der Waals surface area (Å²) < 4.78 is 0. The van der Waals surface area contributed by atoms with Crippen LogP contribution in [0, 0.1) is 5.92 Å². The molecule has 1 amide bonds. The first-order valence-electron chi connectivity index (χ1n) is 7.07. The normalized spacial score (nSPS) is 23.4. The molecule has 0 aliphatic carbocycles. The van der Waals surface area contributed by atoms with Gasteiger partial charge in [0.05, 0.1) is 5.69 Å². The molecule has 0 radical (unpaired) electrons.